The Morgan fingerprint density at radius 2 is 2.21 bits per heavy atom. The maximum atomic E-state index is 6.33. The molecule has 0 aromatic carbocycles. The third-order valence-electron chi connectivity index (χ3n) is 2.66. The Bertz CT molecular complexity index is 744. The smallest absolute Gasteiger partial charge is 0.152 e. The first-order chi connectivity index (χ1) is 9.24. The van der Waals surface area contributed by atoms with Gasteiger partial charge in [0.2, 0.25) is 0 Å². The average Bonchev–Trinajstić information content (AvgIpc) is 3.02. The number of hydrogen-bond acceptors (Lipinski definition) is 3. The van der Waals surface area contributed by atoms with Crippen LogP contribution >= 0.6 is 70.3 Å². The first-order valence-electron chi connectivity index (χ1n) is 5.11. The summed E-state index contributed by atoms with van der Waals surface area (Å²) in [6, 6.07) is 1.82. The van der Waals surface area contributed by atoms with Crippen molar-refractivity contribution >= 4 is 81.4 Å². The minimum absolute atomic E-state index is 0.590. The van der Waals surface area contributed by atoms with Crippen molar-refractivity contribution in [2.24, 2.45) is 0 Å². The molecule has 0 radical (unpaired) electrons. The number of halogens is 3. The fourth-order valence-electron chi connectivity index (χ4n) is 1.87. The van der Waals surface area contributed by atoms with Gasteiger partial charge in [-0.2, -0.15) is 5.10 Å². The van der Waals surface area contributed by atoms with E-state index in [0.717, 1.165) is 22.2 Å². The number of nitrogens with zero attached hydrogens (tertiary/aromatic N) is 4. The van der Waals surface area contributed by atoms with E-state index in [0.29, 0.717) is 11.4 Å². The summed E-state index contributed by atoms with van der Waals surface area (Å²) in [5.74, 6) is 0. The van der Waals surface area contributed by atoms with Crippen molar-refractivity contribution in [1.82, 2.24) is 18.5 Å². The molecule has 3 aromatic rings. The summed E-state index contributed by atoms with van der Waals surface area (Å²) in [6.07, 6.45) is 8.27. The van der Waals surface area contributed by atoms with Gasteiger partial charge in [0.05, 0.1) is 17.6 Å². The van der Waals surface area contributed by atoms with E-state index >= 15 is 0 Å². The third kappa shape index (κ3) is 2.64. The largest absolute Gasteiger partial charge is 0.265 e. The molecule has 9 heteroatoms. The number of aromatic nitrogens is 4. The minimum Gasteiger partial charge on any atom is -0.265 e. The summed E-state index contributed by atoms with van der Waals surface area (Å²) in [5, 5.41) is 6.02. The molecule has 0 saturated heterocycles. The molecule has 4 nitrogen and oxygen atoms in total. The van der Waals surface area contributed by atoms with E-state index in [2.05, 4.69) is 59.5 Å². The molecule has 19 heavy (non-hydrogen) atoms. The SMILES string of the molecule is Clc1ccnc2c1c(-c1cnn(PI)c1)cn2SI. The van der Waals surface area contributed by atoms with E-state index in [1.165, 1.54) is 0 Å². The Morgan fingerprint density at radius 1 is 1.37 bits per heavy atom. The summed E-state index contributed by atoms with van der Waals surface area (Å²) in [7, 11) is 1.57. The van der Waals surface area contributed by atoms with Gasteiger partial charge in [0, 0.05) is 65.4 Å². The predicted octanol–water partition coefficient (Wildman–Crippen LogP) is 5.19. The quantitative estimate of drug-likeness (QED) is 0.343. The van der Waals surface area contributed by atoms with Crippen LogP contribution < -0.4 is 0 Å². The molecule has 0 aliphatic heterocycles. The molecule has 0 amide bonds. The van der Waals surface area contributed by atoms with E-state index < -0.39 is 0 Å². The van der Waals surface area contributed by atoms with Crippen LogP contribution in [0.2, 0.25) is 5.02 Å². The van der Waals surface area contributed by atoms with Gasteiger partial charge in [0.25, 0.3) is 0 Å². The molecule has 0 saturated carbocycles. The van der Waals surface area contributed by atoms with Crippen molar-refractivity contribution in [3.8, 4) is 11.1 Å². The number of fused-ring (bicyclic) bond motifs is 1. The van der Waals surface area contributed by atoms with Crippen molar-refractivity contribution in [2.75, 3.05) is 0 Å². The lowest BCUT2D eigenvalue weighted by molar-refractivity contribution is 1.01. The standard InChI is InChI=1S/C10H6ClI2N4PS/c11-8-1-2-14-10-9(8)7(5-16(10)19-13)6-3-15-17(4-6)18-12/h1-5,18H. The number of hydrogen-bond donors (Lipinski definition) is 0. The van der Waals surface area contributed by atoms with Crippen molar-refractivity contribution in [3.05, 3.63) is 35.9 Å². The van der Waals surface area contributed by atoms with Crippen LogP contribution in [-0.4, -0.2) is 18.5 Å². The molecule has 0 N–H and O–H groups in total. The van der Waals surface area contributed by atoms with Crippen molar-refractivity contribution in [2.45, 2.75) is 0 Å². The van der Waals surface area contributed by atoms with E-state index in [-0.39, 0.29) is 0 Å². The highest BCUT2D eigenvalue weighted by atomic mass is 127. The summed E-state index contributed by atoms with van der Waals surface area (Å²) >= 11 is 10.9. The third-order valence-corrected chi connectivity index (χ3v) is 6.57. The highest BCUT2D eigenvalue weighted by molar-refractivity contribution is 14.2. The predicted molar refractivity (Wildman–Crippen MR) is 101 cm³/mol. The van der Waals surface area contributed by atoms with Gasteiger partial charge in [-0.05, 0) is 28.1 Å². The zero-order valence-electron chi connectivity index (χ0n) is 9.22. The molecule has 0 aliphatic carbocycles. The number of pyridine rings is 1. The van der Waals surface area contributed by atoms with Crippen molar-refractivity contribution in [1.29, 1.82) is 0 Å². The van der Waals surface area contributed by atoms with Gasteiger partial charge in [0.1, 0.15) is 0 Å². The van der Waals surface area contributed by atoms with E-state index in [1.54, 1.807) is 15.3 Å². The lowest BCUT2D eigenvalue weighted by atomic mass is 10.1. The van der Waals surface area contributed by atoms with Crippen LogP contribution in [0.15, 0.2) is 30.9 Å². The van der Waals surface area contributed by atoms with Gasteiger partial charge in [0.15, 0.2) is 5.65 Å². The van der Waals surface area contributed by atoms with E-state index in [1.807, 2.05) is 26.9 Å². The number of rotatable bonds is 3. The highest BCUT2D eigenvalue weighted by Gasteiger charge is 2.15. The maximum absolute atomic E-state index is 6.33. The summed E-state index contributed by atoms with van der Waals surface area (Å²) in [5.41, 5.74) is 3.01. The molecule has 98 valence electrons. The van der Waals surface area contributed by atoms with Gasteiger partial charge in [-0.25, -0.2) is 9.44 Å². The second-order valence-corrected chi connectivity index (χ2v) is 7.88. The Morgan fingerprint density at radius 3 is 2.89 bits per heavy atom. The second-order valence-electron chi connectivity index (χ2n) is 3.69. The molecule has 0 spiro atoms. The van der Waals surface area contributed by atoms with Gasteiger partial charge in [-0.1, -0.05) is 11.6 Å². The van der Waals surface area contributed by atoms with Gasteiger partial charge in [-0.3, -0.25) is 3.97 Å². The van der Waals surface area contributed by atoms with Crippen molar-refractivity contribution in [3.63, 3.8) is 0 Å². The lowest BCUT2D eigenvalue weighted by Gasteiger charge is -1.97. The summed E-state index contributed by atoms with van der Waals surface area (Å²) in [6.45, 7) is 0. The van der Waals surface area contributed by atoms with E-state index in [9.17, 15) is 0 Å². The molecule has 0 aliphatic rings. The van der Waals surface area contributed by atoms with Gasteiger partial charge in [-0.15, -0.1) is 0 Å². The molecule has 3 heterocycles. The van der Waals surface area contributed by atoms with Crippen LogP contribution in [0.1, 0.15) is 0 Å². The molecule has 1 atom stereocenters. The summed E-state index contributed by atoms with van der Waals surface area (Å²) in [4.78, 5) is 4.41. The van der Waals surface area contributed by atoms with Crippen LogP contribution in [-0.2, 0) is 0 Å². The van der Waals surface area contributed by atoms with E-state index in [4.69, 9.17) is 11.6 Å². The molecule has 0 fully saturated rings. The summed E-state index contributed by atoms with van der Waals surface area (Å²) < 4.78 is 3.93. The normalized spacial score (nSPS) is 11.9. The van der Waals surface area contributed by atoms with Crippen LogP contribution in [0.25, 0.3) is 22.2 Å². The average molecular weight is 534 g/mol. The molecule has 0 bridgehead atoms. The molecular formula is C10H6ClI2N4PS. The molecular weight excluding hydrogens is 528 g/mol. The Kier molecular flexibility index (Phi) is 4.57. The fraction of sp³-hybridized carbons (Fsp3) is 0. The monoisotopic (exact) mass is 534 g/mol. The fourth-order valence-corrected chi connectivity index (χ4v) is 4.44. The zero-order chi connectivity index (χ0) is 13.4. The minimum atomic E-state index is 0.590. The Labute approximate surface area is 145 Å². The van der Waals surface area contributed by atoms with Crippen molar-refractivity contribution < 1.29 is 0 Å². The zero-order valence-corrected chi connectivity index (χ0v) is 16.1. The molecule has 1 unspecified atom stereocenters. The second kappa shape index (κ2) is 6.05. The van der Waals surface area contributed by atoms with Crippen LogP contribution in [0, 0.1) is 0 Å². The Balaban J connectivity index is 2.28. The maximum Gasteiger partial charge on any atom is 0.152 e. The van der Waals surface area contributed by atoms with Crippen LogP contribution in [0.5, 0.6) is 0 Å². The first-order valence-corrected chi connectivity index (χ1v) is 12.9. The topological polar surface area (TPSA) is 35.6 Å². The molecule has 3 rings (SSSR count). The first kappa shape index (κ1) is 14.4. The van der Waals surface area contributed by atoms with Gasteiger partial charge >= 0.3 is 0 Å². The lowest BCUT2D eigenvalue weighted by Crippen LogP contribution is -1.82. The van der Waals surface area contributed by atoms with Crippen LogP contribution in [0.4, 0.5) is 0 Å². The molecule has 3 aromatic heterocycles. The Hall–Kier alpha value is 0.430. The van der Waals surface area contributed by atoms with Crippen LogP contribution in [0.3, 0.4) is 0 Å². The van der Waals surface area contributed by atoms with Gasteiger partial charge < -0.3 is 0 Å². The highest BCUT2D eigenvalue weighted by Crippen LogP contribution is 2.38.